The molecule has 1 fully saturated rings. The molecule has 0 saturated heterocycles. The number of benzene rings is 1. The van der Waals surface area contributed by atoms with Crippen molar-refractivity contribution in [1.29, 1.82) is 0 Å². The van der Waals surface area contributed by atoms with Crippen molar-refractivity contribution in [3.05, 3.63) is 23.8 Å². The quantitative estimate of drug-likeness (QED) is 0.794. The zero-order valence-corrected chi connectivity index (χ0v) is 9.73. The lowest BCUT2D eigenvalue weighted by Crippen LogP contribution is -2.45. The average Bonchev–Trinajstić information content (AvgIpc) is 2.43. The smallest absolute Gasteiger partial charge is 0.339 e. The van der Waals surface area contributed by atoms with Gasteiger partial charge in [0.05, 0.1) is 11.1 Å². The number of ether oxygens (including phenoxy) is 1. The van der Waals surface area contributed by atoms with E-state index in [0.29, 0.717) is 5.69 Å². The molecule has 0 aromatic heterocycles. The van der Waals surface area contributed by atoms with Gasteiger partial charge >= 0.3 is 5.97 Å². The Bertz CT molecular complexity index is 534. The third-order valence-corrected chi connectivity index (χ3v) is 3.78. The maximum absolute atomic E-state index is 12.1. The van der Waals surface area contributed by atoms with E-state index in [0.717, 1.165) is 19.3 Å². The molecule has 0 unspecified atom stereocenters. The minimum absolute atomic E-state index is 0.0601. The van der Waals surface area contributed by atoms with Gasteiger partial charge in [-0.15, -0.1) is 0 Å². The first-order valence-corrected chi connectivity index (χ1v) is 5.93. The fourth-order valence-corrected chi connectivity index (χ4v) is 2.47. The van der Waals surface area contributed by atoms with Crippen LogP contribution in [0.5, 0.6) is 5.75 Å². The molecule has 1 spiro atoms. The van der Waals surface area contributed by atoms with Crippen LogP contribution in [0.4, 0.5) is 5.69 Å². The van der Waals surface area contributed by atoms with Crippen LogP contribution in [0.2, 0.25) is 0 Å². The summed E-state index contributed by atoms with van der Waals surface area (Å²) in [4.78, 5) is 23.2. The molecule has 0 radical (unpaired) electrons. The van der Waals surface area contributed by atoms with E-state index < -0.39 is 11.4 Å². The predicted molar refractivity (Wildman–Crippen MR) is 63.8 cm³/mol. The van der Waals surface area contributed by atoms with Crippen LogP contribution >= 0.6 is 0 Å². The highest BCUT2D eigenvalue weighted by Gasteiger charge is 2.47. The fourth-order valence-electron chi connectivity index (χ4n) is 2.47. The third kappa shape index (κ3) is 1.47. The van der Waals surface area contributed by atoms with E-state index in [1.807, 2.05) is 0 Å². The lowest BCUT2D eigenvalue weighted by atomic mass is 9.69. The molecule has 0 atom stereocenters. The summed E-state index contributed by atoms with van der Waals surface area (Å²) in [6.07, 6.45) is 2.61. The van der Waals surface area contributed by atoms with Crippen LogP contribution in [0, 0.1) is 5.41 Å². The Hall–Kier alpha value is -2.04. The van der Waals surface area contributed by atoms with E-state index in [-0.39, 0.29) is 23.8 Å². The second-order valence-corrected chi connectivity index (χ2v) is 4.86. The van der Waals surface area contributed by atoms with Crippen LogP contribution in [0.1, 0.15) is 29.6 Å². The Kier molecular flexibility index (Phi) is 2.29. The first-order valence-electron chi connectivity index (χ1n) is 5.93. The molecule has 1 saturated carbocycles. The Balaban J connectivity index is 2.02. The first kappa shape index (κ1) is 11.1. The van der Waals surface area contributed by atoms with Crippen molar-refractivity contribution in [2.75, 3.05) is 11.9 Å². The molecule has 1 aromatic carbocycles. The zero-order valence-electron chi connectivity index (χ0n) is 9.73. The summed E-state index contributed by atoms with van der Waals surface area (Å²) in [6, 6.07) is 4.74. The van der Waals surface area contributed by atoms with Crippen molar-refractivity contribution in [3.63, 3.8) is 0 Å². The Morgan fingerprint density at radius 1 is 1.39 bits per heavy atom. The topological polar surface area (TPSA) is 75.6 Å². The number of carbonyl (C=O) groups is 2. The largest absolute Gasteiger partial charge is 0.489 e. The van der Waals surface area contributed by atoms with Gasteiger partial charge in [-0.2, -0.15) is 0 Å². The maximum atomic E-state index is 12.1. The Morgan fingerprint density at radius 3 is 2.78 bits per heavy atom. The number of para-hydroxylation sites is 1. The van der Waals surface area contributed by atoms with Crippen LogP contribution in [0.3, 0.4) is 0 Å². The monoisotopic (exact) mass is 247 g/mol. The molecule has 1 aliphatic carbocycles. The highest BCUT2D eigenvalue weighted by Crippen LogP contribution is 2.45. The number of fused-ring (bicyclic) bond motifs is 1. The van der Waals surface area contributed by atoms with Gasteiger partial charge in [-0.3, -0.25) is 4.79 Å². The maximum Gasteiger partial charge on any atom is 0.339 e. The second-order valence-electron chi connectivity index (χ2n) is 4.86. The van der Waals surface area contributed by atoms with Gasteiger partial charge in [-0.05, 0) is 25.0 Å². The molecular formula is C13H13NO4. The molecule has 1 heterocycles. The summed E-state index contributed by atoms with van der Waals surface area (Å²) < 4.78 is 5.60. The summed E-state index contributed by atoms with van der Waals surface area (Å²) in [5, 5.41) is 11.9. The van der Waals surface area contributed by atoms with Gasteiger partial charge < -0.3 is 15.2 Å². The highest BCUT2D eigenvalue weighted by atomic mass is 16.5. The number of carboxylic acid groups (broad SMARTS) is 1. The summed E-state index contributed by atoms with van der Waals surface area (Å²) in [5.74, 6) is -0.845. The number of hydrogen-bond acceptors (Lipinski definition) is 3. The molecule has 1 aliphatic heterocycles. The Labute approximate surface area is 104 Å². The summed E-state index contributed by atoms with van der Waals surface area (Å²) in [6.45, 7) is 0.260. The molecule has 94 valence electrons. The van der Waals surface area contributed by atoms with E-state index in [4.69, 9.17) is 9.84 Å². The average molecular weight is 247 g/mol. The van der Waals surface area contributed by atoms with E-state index in [1.165, 1.54) is 6.07 Å². The van der Waals surface area contributed by atoms with Crippen molar-refractivity contribution in [2.45, 2.75) is 19.3 Å². The molecular weight excluding hydrogens is 234 g/mol. The van der Waals surface area contributed by atoms with Crippen LogP contribution in [-0.4, -0.2) is 23.6 Å². The third-order valence-electron chi connectivity index (χ3n) is 3.78. The molecule has 5 nitrogen and oxygen atoms in total. The van der Waals surface area contributed by atoms with E-state index in [2.05, 4.69) is 5.32 Å². The van der Waals surface area contributed by atoms with Gasteiger partial charge in [0.2, 0.25) is 5.91 Å². The number of nitrogens with one attached hydrogen (secondary N) is 1. The van der Waals surface area contributed by atoms with Gasteiger partial charge in [-0.1, -0.05) is 12.5 Å². The minimum Gasteiger partial charge on any atom is -0.489 e. The van der Waals surface area contributed by atoms with Crippen molar-refractivity contribution < 1.29 is 19.4 Å². The lowest BCUT2D eigenvalue weighted by molar-refractivity contribution is -0.132. The van der Waals surface area contributed by atoms with E-state index in [1.54, 1.807) is 12.1 Å². The SMILES string of the molecule is O=C(O)c1cccc2c1OCC1(CCC1)C(=O)N2. The second kappa shape index (κ2) is 3.73. The number of hydrogen-bond donors (Lipinski definition) is 2. The molecule has 18 heavy (non-hydrogen) atoms. The molecule has 2 N–H and O–H groups in total. The van der Waals surface area contributed by atoms with Crippen molar-refractivity contribution in [2.24, 2.45) is 5.41 Å². The standard InChI is InChI=1S/C13H13NO4/c15-11(16)8-3-1-4-9-10(8)18-7-13(5-2-6-13)12(17)14-9/h1,3-4H,2,5-7H2,(H,14,17)(H,15,16). The van der Waals surface area contributed by atoms with Gasteiger partial charge in [0.25, 0.3) is 0 Å². The number of amides is 1. The van der Waals surface area contributed by atoms with E-state index >= 15 is 0 Å². The van der Waals surface area contributed by atoms with Gasteiger partial charge in [0.1, 0.15) is 12.2 Å². The summed E-state index contributed by atoms with van der Waals surface area (Å²) in [7, 11) is 0. The number of anilines is 1. The normalized spacial score (nSPS) is 20.1. The Morgan fingerprint density at radius 2 is 2.17 bits per heavy atom. The van der Waals surface area contributed by atoms with Crippen LogP contribution < -0.4 is 10.1 Å². The van der Waals surface area contributed by atoms with Crippen molar-refractivity contribution in [3.8, 4) is 5.75 Å². The van der Waals surface area contributed by atoms with Crippen LogP contribution in [0.15, 0.2) is 18.2 Å². The molecule has 3 rings (SSSR count). The van der Waals surface area contributed by atoms with Gasteiger partial charge in [-0.25, -0.2) is 4.79 Å². The minimum atomic E-state index is -1.05. The highest BCUT2D eigenvalue weighted by molar-refractivity contribution is 6.01. The molecule has 0 bridgehead atoms. The summed E-state index contributed by atoms with van der Waals surface area (Å²) in [5.41, 5.74) is 0.0715. The molecule has 1 amide bonds. The lowest BCUT2D eigenvalue weighted by Gasteiger charge is -2.37. The predicted octanol–water partition coefficient (Wildman–Crippen LogP) is 1.89. The number of rotatable bonds is 1. The molecule has 1 aromatic rings. The van der Waals surface area contributed by atoms with Gasteiger partial charge in [0, 0.05) is 0 Å². The van der Waals surface area contributed by atoms with Crippen LogP contribution in [0.25, 0.3) is 0 Å². The number of carboxylic acids is 1. The zero-order chi connectivity index (χ0) is 12.8. The summed E-state index contributed by atoms with van der Waals surface area (Å²) >= 11 is 0. The fraction of sp³-hybridized carbons (Fsp3) is 0.385. The van der Waals surface area contributed by atoms with Gasteiger partial charge in [0.15, 0.2) is 5.75 Å². The molecule has 2 aliphatic rings. The van der Waals surface area contributed by atoms with E-state index in [9.17, 15) is 9.59 Å². The number of aromatic carboxylic acids is 1. The van der Waals surface area contributed by atoms with Crippen molar-refractivity contribution >= 4 is 17.6 Å². The van der Waals surface area contributed by atoms with Crippen molar-refractivity contribution in [1.82, 2.24) is 0 Å². The number of carbonyl (C=O) groups excluding carboxylic acids is 1. The molecule has 5 heteroatoms. The first-order chi connectivity index (χ1) is 8.62. The van der Waals surface area contributed by atoms with Crippen LogP contribution in [-0.2, 0) is 4.79 Å².